The molecule has 1 atom stereocenters. The molecule has 1 unspecified atom stereocenters. The number of fused-ring (bicyclic) bond motifs is 1. The fraction of sp³-hybridized carbons (Fsp3) is 0.421. The lowest BCUT2D eigenvalue weighted by molar-refractivity contribution is 0.0978. The molecule has 0 heterocycles. The van der Waals surface area contributed by atoms with Crippen molar-refractivity contribution in [1.29, 1.82) is 0 Å². The summed E-state index contributed by atoms with van der Waals surface area (Å²) in [5.41, 5.74) is 0.800. The molecule has 3 nitrogen and oxygen atoms in total. The van der Waals surface area contributed by atoms with Crippen molar-refractivity contribution < 1.29 is 9.53 Å². The number of benzene rings is 2. The summed E-state index contributed by atoms with van der Waals surface area (Å²) < 4.78 is 5.60. The van der Waals surface area contributed by atoms with Crippen LogP contribution in [-0.4, -0.2) is 12.2 Å². The zero-order valence-electron chi connectivity index (χ0n) is 13.5. The smallest absolute Gasteiger partial charge is 0.411 e. The zero-order chi connectivity index (χ0) is 15.8. The van der Waals surface area contributed by atoms with Gasteiger partial charge in [0.15, 0.2) is 0 Å². The van der Waals surface area contributed by atoms with Crippen molar-refractivity contribution in [3.63, 3.8) is 0 Å². The van der Waals surface area contributed by atoms with E-state index in [-0.39, 0.29) is 12.2 Å². The highest BCUT2D eigenvalue weighted by molar-refractivity contribution is 6.00. The Labute approximate surface area is 132 Å². The van der Waals surface area contributed by atoms with E-state index in [0.29, 0.717) is 0 Å². The molecule has 2 aromatic rings. The van der Waals surface area contributed by atoms with Crippen molar-refractivity contribution in [2.75, 3.05) is 5.32 Å². The second kappa shape index (κ2) is 8.42. The molecule has 0 spiro atoms. The minimum atomic E-state index is -0.356. The minimum absolute atomic E-state index is 0.0138. The van der Waals surface area contributed by atoms with Gasteiger partial charge in [-0.2, -0.15) is 0 Å². The van der Waals surface area contributed by atoms with Gasteiger partial charge in [0, 0.05) is 5.39 Å². The number of rotatable bonds is 7. The van der Waals surface area contributed by atoms with Gasteiger partial charge in [-0.1, -0.05) is 69.5 Å². The normalized spacial score (nSPS) is 12.1. The molecule has 2 rings (SSSR count). The quantitative estimate of drug-likeness (QED) is 0.707. The average Bonchev–Trinajstić information content (AvgIpc) is 2.53. The first-order valence-electron chi connectivity index (χ1n) is 8.20. The number of ether oxygens (including phenoxy) is 1. The maximum absolute atomic E-state index is 12.2. The molecule has 0 aliphatic heterocycles. The second-order valence-electron chi connectivity index (χ2n) is 5.61. The van der Waals surface area contributed by atoms with E-state index in [9.17, 15) is 4.79 Å². The first-order chi connectivity index (χ1) is 10.7. The van der Waals surface area contributed by atoms with Crippen molar-refractivity contribution >= 4 is 22.6 Å². The molecule has 0 fully saturated rings. The van der Waals surface area contributed by atoms with E-state index in [1.807, 2.05) is 42.5 Å². The molecule has 0 radical (unpaired) electrons. The van der Waals surface area contributed by atoms with Crippen LogP contribution >= 0.6 is 0 Å². The summed E-state index contributed by atoms with van der Waals surface area (Å²) in [6.07, 6.45) is 4.75. The summed E-state index contributed by atoms with van der Waals surface area (Å²) in [4.78, 5) is 12.2. The SMILES string of the molecule is CCCCC(CCC)OC(=O)Nc1cccc2ccccc12. The van der Waals surface area contributed by atoms with E-state index in [4.69, 9.17) is 4.74 Å². The van der Waals surface area contributed by atoms with Gasteiger partial charge in [-0.3, -0.25) is 5.32 Å². The fourth-order valence-corrected chi connectivity index (χ4v) is 2.64. The van der Waals surface area contributed by atoms with Crippen molar-refractivity contribution in [1.82, 2.24) is 0 Å². The van der Waals surface area contributed by atoms with Gasteiger partial charge in [0.2, 0.25) is 0 Å². The Bertz CT molecular complexity index is 604. The van der Waals surface area contributed by atoms with Crippen LogP contribution < -0.4 is 5.32 Å². The van der Waals surface area contributed by atoms with Gasteiger partial charge in [0.25, 0.3) is 0 Å². The number of anilines is 1. The molecular formula is C19H25NO2. The summed E-state index contributed by atoms with van der Waals surface area (Å²) in [6, 6.07) is 13.9. The molecule has 0 aromatic heterocycles. The molecule has 3 heteroatoms. The average molecular weight is 299 g/mol. The third-order valence-electron chi connectivity index (χ3n) is 3.79. The van der Waals surface area contributed by atoms with Gasteiger partial charge < -0.3 is 4.74 Å². The molecule has 0 aliphatic carbocycles. The van der Waals surface area contributed by atoms with E-state index in [0.717, 1.165) is 48.6 Å². The number of carbonyl (C=O) groups is 1. The molecule has 2 aromatic carbocycles. The number of nitrogens with one attached hydrogen (secondary N) is 1. The number of hydrogen-bond donors (Lipinski definition) is 1. The zero-order valence-corrected chi connectivity index (χ0v) is 13.5. The predicted molar refractivity (Wildman–Crippen MR) is 92.3 cm³/mol. The van der Waals surface area contributed by atoms with E-state index in [1.54, 1.807) is 0 Å². The highest BCUT2D eigenvalue weighted by Gasteiger charge is 2.14. The van der Waals surface area contributed by atoms with Crippen LogP contribution in [0.3, 0.4) is 0 Å². The second-order valence-corrected chi connectivity index (χ2v) is 5.61. The molecule has 0 bridgehead atoms. The van der Waals surface area contributed by atoms with Gasteiger partial charge >= 0.3 is 6.09 Å². The predicted octanol–water partition coefficient (Wildman–Crippen LogP) is 5.75. The molecule has 0 saturated carbocycles. The largest absolute Gasteiger partial charge is 0.446 e. The summed E-state index contributed by atoms with van der Waals surface area (Å²) in [7, 11) is 0. The lowest BCUT2D eigenvalue weighted by Crippen LogP contribution is -2.22. The van der Waals surface area contributed by atoms with Crippen molar-refractivity contribution in [2.24, 2.45) is 0 Å². The molecule has 118 valence electrons. The minimum Gasteiger partial charge on any atom is -0.446 e. The third kappa shape index (κ3) is 4.48. The number of amides is 1. The van der Waals surface area contributed by atoms with E-state index >= 15 is 0 Å². The first-order valence-corrected chi connectivity index (χ1v) is 8.20. The van der Waals surface area contributed by atoms with Crippen LogP contribution in [0.5, 0.6) is 0 Å². The summed E-state index contributed by atoms with van der Waals surface area (Å²) in [5, 5.41) is 5.03. The topological polar surface area (TPSA) is 38.3 Å². The van der Waals surface area contributed by atoms with E-state index in [2.05, 4.69) is 19.2 Å². The third-order valence-corrected chi connectivity index (χ3v) is 3.79. The number of hydrogen-bond acceptors (Lipinski definition) is 2. The van der Waals surface area contributed by atoms with E-state index in [1.165, 1.54) is 0 Å². The lowest BCUT2D eigenvalue weighted by atomic mass is 10.1. The van der Waals surface area contributed by atoms with Crippen LogP contribution in [0.1, 0.15) is 46.0 Å². The monoisotopic (exact) mass is 299 g/mol. The Morgan fingerprint density at radius 3 is 2.59 bits per heavy atom. The first kappa shape index (κ1) is 16.3. The Balaban J connectivity index is 2.03. The highest BCUT2D eigenvalue weighted by atomic mass is 16.6. The Hall–Kier alpha value is -2.03. The van der Waals surface area contributed by atoms with E-state index < -0.39 is 0 Å². The molecule has 0 saturated heterocycles. The van der Waals surface area contributed by atoms with Crippen LogP contribution in [0.2, 0.25) is 0 Å². The Morgan fingerprint density at radius 2 is 1.82 bits per heavy atom. The van der Waals surface area contributed by atoms with Gasteiger partial charge in [-0.15, -0.1) is 0 Å². The van der Waals surface area contributed by atoms with Crippen molar-refractivity contribution in [3.8, 4) is 0 Å². The van der Waals surface area contributed by atoms with Crippen LogP contribution in [0.25, 0.3) is 10.8 Å². The Morgan fingerprint density at radius 1 is 1.05 bits per heavy atom. The fourth-order valence-electron chi connectivity index (χ4n) is 2.64. The molecule has 22 heavy (non-hydrogen) atoms. The van der Waals surface area contributed by atoms with Crippen molar-refractivity contribution in [2.45, 2.75) is 52.1 Å². The van der Waals surface area contributed by atoms with Crippen LogP contribution in [0, 0.1) is 0 Å². The van der Waals surface area contributed by atoms with Crippen LogP contribution in [-0.2, 0) is 4.74 Å². The van der Waals surface area contributed by atoms with Crippen LogP contribution in [0.4, 0.5) is 10.5 Å². The standard InChI is InChI=1S/C19H25NO2/c1-3-5-12-16(9-4-2)22-19(21)20-18-14-8-11-15-10-6-7-13-17(15)18/h6-8,10-11,13-14,16H,3-5,9,12H2,1-2H3,(H,20,21). The van der Waals surface area contributed by atoms with Gasteiger partial charge in [0.05, 0.1) is 5.69 Å². The molecule has 1 N–H and O–H groups in total. The van der Waals surface area contributed by atoms with Gasteiger partial charge in [-0.25, -0.2) is 4.79 Å². The summed E-state index contributed by atoms with van der Waals surface area (Å²) >= 11 is 0. The highest BCUT2D eigenvalue weighted by Crippen LogP contribution is 2.23. The maximum atomic E-state index is 12.2. The lowest BCUT2D eigenvalue weighted by Gasteiger charge is -2.18. The number of unbranched alkanes of at least 4 members (excludes halogenated alkanes) is 1. The molecule has 0 aliphatic rings. The van der Waals surface area contributed by atoms with Gasteiger partial charge in [0.1, 0.15) is 6.10 Å². The van der Waals surface area contributed by atoms with Gasteiger partial charge in [-0.05, 0) is 24.3 Å². The maximum Gasteiger partial charge on any atom is 0.411 e. The summed E-state index contributed by atoms with van der Waals surface area (Å²) in [5.74, 6) is 0. The van der Waals surface area contributed by atoms with Crippen molar-refractivity contribution in [3.05, 3.63) is 42.5 Å². The number of carbonyl (C=O) groups excluding carboxylic acids is 1. The molecule has 1 amide bonds. The summed E-state index contributed by atoms with van der Waals surface area (Å²) in [6.45, 7) is 4.27. The Kier molecular flexibility index (Phi) is 6.26. The van der Waals surface area contributed by atoms with Crippen LogP contribution in [0.15, 0.2) is 42.5 Å². The molecular weight excluding hydrogens is 274 g/mol.